The molecular formula is C19H24N2O2S. The number of methoxy groups -OCH3 is 1. The van der Waals surface area contributed by atoms with Crippen molar-refractivity contribution in [1.82, 2.24) is 9.78 Å². The molecule has 4 nitrogen and oxygen atoms in total. The Hall–Kier alpha value is -1.75. The highest BCUT2D eigenvalue weighted by atomic mass is 32.2. The van der Waals surface area contributed by atoms with Gasteiger partial charge in [0.05, 0.1) is 12.8 Å². The number of esters is 1. The van der Waals surface area contributed by atoms with E-state index in [0.717, 1.165) is 17.8 Å². The fourth-order valence-corrected chi connectivity index (χ4v) is 3.78. The lowest BCUT2D eigenvalue weighted by molar-refractivity contribution is 0.0592. The van der Waals surface area contributed by atoms with Crippen molar-refractivity contribution in [3.05, 3.63) is 36.0 Å². The van der Waals surface area contributed by atoms with Gasteiger partial charge >= 0.3 is 5.97 Å². The van der Waals surface area contributed by atoms with E-state index in [4.69, 9.17) is 4.74 Å². The van der Waals surface area contributed by atoms with Gasteiger partial charge in [0.15, 0.2) is 5.69 Å². The number of carbonyl (C=O) groups excluding carboxylic acids is 1. The van der Waals surface area contributed by atoms with Crippen LogP contribution in [-0.2, 0) is 11.3 Å². The molecule has 0 aliphatic heterocycles. The summed E-state index contributed by atoms with van der Waals surface area (Å²) >= 11 is 1.72. The van der Waals surface area contributed by atoms with Crippen molar-refractivity contribution in [2.75, 3.05) is 13.4 Å². The average molecular weight is 344 g/mol. The molecule has 0 bridgehead atoms. The lowest BCUT2D eigenvalue weighted by atomic mass is 9.89. The minimum Gasteiger partial charge on any atom is -0.464 e. The highest BCUT2D eigenvalue weighted by molar-refractivity contribution is 7.98. The van der Waals surface area contributed by atoms with E-state index in [-0.39, 0.29) is 5.97 Å². The summed E-state index contributed by atoms with van der Waals surface area (Å²) in [5, 5.41) is 4.53. The molecule has 5 heteroatoms. The Balaban J connectivity index is 1.91. The van der Waals surface area contributed by atoms with E-state index in [1.165, 1.54) is 44.1 Å². The lowest BCUT2D eigenvalue weighted by Crippen LogP contribution is -2.16. The van der Waals surface area contributed by atoms with Crippen LogP contribution in [0.1, 0.15) is 42.6 Å². The van der Waals surface area contributed by atoms with Gasteiger partial charge in [-0.1, -0.05) is 31.4 Å². The Labute approximate surface area is 147 Å². The SMILES string of the molecule is COC(=O)c1cc(-c2ccc(SC)cc2)n(CC2CCCCC2)n1. The van der Waals surface area contributed by atoms with Crippen LogP contribution in [0, 0.1) is 5.92 Å². The molecular weight excluding hydrogens is 320 g/mol. The number of nitrogens with zero attached hydrogens (tertiary/aromatic N) is 2. The van der Waals surface area contributed by atoms with Crippen LogP contribution in [0.4, 0.5) is 0 Å². The second kappa shape index (κ2) is 7.88. The third-order valence-corrected chi connectivity index (χ3v) is 5.46. The number of ether oxygens (including phenoxy) is 1. The fourth-order valence-electron chi connectivity index (χ4n) is 3.37. The van der Waals surface area contributed by atoms with E-state index in [9.17, 15) is 4.79 Å². The summed E-state index contributed by atoms with van der Waals surface area (Å²) in [6, 6.07) is 10.3. The molecule has 0 saturated heterocycles. The molecule has 1 aromatic carbocycles. The predicted octanol–water partition coefficient (Wildman–Crippen LogP) is 4.64. The normalized spacial score (nSPS) is 15.4. The molecule has 24 heavy (non-hydrogen) atoms. The number of hydrogen-bond acceptors (Lipinski definition) is 4. The van der Waals surface area contributed by atoms with Gasteiger partial charge in [-0.05, 0) is 48.8 Å². The first kappa shape index (κ1) is 17.1. The fraction of sp³-hybridized carbons (Fsp3) is 0.474. The summed E-state index contributed by atoms with van der Waals surface area (Å²) in [5.74, 6) is 0.271. The summed E-state index contributed by atoms with van der Waals surface area (Å²) in [7, 11) is 1.40. The van der Waals surface area contributed by atoms with Gasteiger partial charge in [0, 0.05) is 11.4 Å². The summed E-state index contributed by atoms with van der Waals surface area (Å²) in [5.41, 5.74) is 2.47. The van der Waals surface area contributed by atoms with Crippen LogP contribution in [0.25, 0.3) is 11.3 Å². The smallest absolute Gasteiger partial charge is 0.358 e. The molecule has 1 fully saturated rings. The molecule has 3 rings (SSSR count). The van der Waals surface area contributed by atoms with Gasteiger partial charge in [-0.2, -0.15) is 5.10 Å². The zero-order valence-corrected chi connectivity index (χ0v) is 15.1. The maximum atomic E-state index is 11.9. The van der Waals surface area contributed by atoms with Crippen molar-refractivity contribution >= 4 is 17.7 Å². The second-order valence-corrected chi connectivity index (χ2v) is 7.20. The Morgan fingerprint density at radius 3 is 2.58 bits per heavy atom. The molecule has 0 atom stereocenters. The van der Waals surface area contributed by atoms with Gasteiger partial charge in [0.25, 0.3) is 0 Å². The van der Waals surface area contributed by atoms with Gasteiger partial charge in [0.2, 0.25) is 0 Å². The quantitative estimate of drug-likeness (QED) is 0.585. The highest BCUT2D eigenvalue weighted by Crippen LogP contribution is 2.29. The summed E-state index contributed by atoms with van der Waals surface area (Å²) in [4.78, 5) is 13.1. The van der Waals surface area contributed by atoms with Crippen LogP contribution in [0.5, 0.6) is 0 Å². The predicted molar refractivity (Wildman–Crippen MR) is 97.4 cm³/mol. The Morgan fingerprint density at radius 2 is 1.96 bits per heavy atom. The maximum Gasteiger partial charge on any atom is 0.358 e. The molecule has 0 radical (unpaired) electrons. The molecule has 0 spiro atoms. The third kappa shape index (κ3) is 3.83. The number of carbonyl (C=O) groups is 1. The van der Waals surface area contributed by atoms with Gasteiger partial charge < -0.3 is 4.74 Å². The highest BCUT2D eigenvalue weighted by Gasteiger charge is 2.20. The monoisotopic (exact) mass is 344 g/mol. The molecule has 0 N–H and O–H groups in total. The summed E-state index contributed by atoms with van der Waals surface area (Å²) in [6.07, 6.45) is 8.50. The van der Waals surface area contributed by atoms with E-state index < -0.39 is 0 Å². The number of rotatable bonds is 5. The second-order valence-electron chi connectivity index (χ2n) is 6.32. The molecule has 0 amide bonds. The van der Waals surface area contributed by atoms with Crippen LogP contribution in [0.15, 0.2) is 35.2 Å². The number of benzene rings is 1. The molecule has 1 aromatic heterocycles. The van der Waals surface area contributed by atoms with Gasteiger partial charge in [0.1, 0.15) is 0 Å². The zero-order valence-electron chi connectivity index (χ0n) is 14.3. The zero-order chi connectivity index (χ0) is 16.9. The molecule has 1 saturated carbocycles. The third-order valence-electron chi connectivity index (χ3n) is 4.72. The lowest BCUT2D eigenvalue weighted by Gasteiger charge is -2.22. The minimum absolute atomic E-state index is 0.376. The van der Waals surface area contributed by atoms with Crippen molar-refractivity contribution in [2.24, 2.45) is 5.92 Å². The van der Waals surface area contributed by atoms with Crippen LogP contribution < -0.4 is 0 Å². The van der Waals surface area contributed by atoms with Gasteiger partial charge in [-0.15, -0.1) is 11.8 Å². The molecule has 1 heterocycles. The van der Waals surface area contributed by atoms with Crippen molar-refractivity contribution < 1.29 is 9.53 Å². The first-order valence-electron chi connectivity index (χ1n) is 8.52. The van der Waals surface area contributed by atoms with E-state index in [1.54, 1.807) is 11.8 Å². The Kier molecular flexibility index (Phi) is 5.61. The number of hydrogen-bond donors (Lipinski definition) is 0. The van der Waals surface area contributed by atoms with Crippen molar-refractivity contribution in [1.29, 1.82) is 0 Å². The van der Waals surface area contributed by atoms with E-state index in [1.807, 2.05) is 10.7 Å². The van der Waals surface area contributed by atoms with Gasteiger partial charge in [-0.25, -0.2) is 4.79 Å². The van der Waals surface area contributed by atoms with Crippen molar-refractivity contribution in [3.8, 4) is 11.3 Å². The van der Waals surface area contributed by atoms with Crippen LogP contribution in [0.2, 0.25) is 0 Å². The Bertz CT molecular complexity index is 688. The minimum atomic E-state index is -0.376. The molecule has 1 aliphatic rings. The van der Waals surface area contributed by atoms with Crippen molar-refractivity contribution in [2.45, 2.75) is 43.5 Å². The number of thioether (sulfide) groups is 1. The number of aromatic nitrogens is 2. The Morgan fingerprint density at radius 1 is 1.25 bits per heavy atom. The topological polar surface area (TPSA) is 44.1 Å². The summed E-state index contributed by atoms with van der Waals surface area (Å²) < 4.78 is 6.85. The summed E-state index contributed by atoms with van der Waals surface area (Å²) in [6.45, 7) is 0.872. The molecule has 2 aromatic rings. The first-order chi connectivity index (χ1) is 11.7. The van der Waals surface area contributed by atoms with Crippen molar-refractivity contribution in [3.63, 3.8) is 0 Å². The van der Waals surface area contributed by atoms with Crippen LogP contribution in [0.3, 0.4) is 0 Å². The van der Waals surface area contributed by atoms with E-state index >= 15 is 0 Å². The van der Waals surface area contributed by atoms with Gasteiger partial charge in [-0.3, -0.25) is 4.68 Å². The van der Waals surface area contributed by atoms with E-state index in [0.29, 0.717) is 11.6 Å². The van der Waals surface area contributed by atoms with E-state index in [2.05, 4.69) is 35.6 Å². The maximum absolute atomic E-state index is 11.9. The molecule has 128 valence electrons. The molecule has 0 unspecified atom stereocenters. The largest absolute Gasteiger partial charge is 0.464 e. The molecule has 1 aliphatic carbocycles. The van der Waals surface area contributed by atoms with Crippen LogP contribution >= 0.6 is 11.8 Å². The first-order valence-corrected chi connectivity index (χ1v) is 9.74. The average Bonchev–Trinajstić information content (AvgIpc) is 3.05. The van der Waals surface area contributed by atoms with Crippen LogP contribution in [-0.4, -0.2) is 29.1 Å². The standard InChI is InChI=1S/C19H24N2O2S/c1-23-19(22)17-12-18(15-8-10-16(24-2)11-9-15)21(20-17)13-14-6-4-3-5-7-14/h8-12,14H,3-7,13H2,1-2H3.